The molecule has 1 N–H and O–H groups in total. The van der Waals surface area contributed by atoms with E-state index in [1.807, 2.05) is 29.8 Å². The van der Waals surface area contributed by atoms with Gasteiger partial charge < -0.3 is 5.32 Å². The first kappa shape index (κ1) is 11.2. The fourth-order valence-electron chi connectivity index (χ4n) is 1.14. The molecule has 0 aliphatic rings. The Morgan fingerprint density at radius 2 is 2.33 bits per heavy atom. The van der Waals surface area contributed by atoms with Crippen molar-refractivity contribution in [2.75, 3.05) is 5.32 Å². The number of nitrogens with one attached hydrogen (secondary N) is 1. The highest BCUT2D eigenvalue weighted by Crippen LogP contribution is 2.22. The second-order valence-electron chi connectivity index (χ2n) is 2.90. The lowest BCUT2D eigenvalue weighted by molar-refractivity contribution is 1.10. The Bertz CT molecular complexity index is 445. The average molecular weight is 351 g/mol. The van der Waals surface area contributed by atoms with Crippen molar-refractivity contribution in [3.63, 3.8) is 0 Å². The van der Waals surface area contributed by atoms with Gasteiger partial charge in [0, 0.05) is 25.9 Å². The third kappa shape index (κ3) is 3.06. The zero-order valence-corrected chi connectivity index (χ0v) is 11.4. The summed E-state index contributed by atoms with van der Waals surface area (Å²) in [5.74, 6) is 0. The van der Waals surface area contributed by atoms with Gasteiger partial charge in [-0.3, -0.25) is 0 Å². The summed E-state index contributed by atoms with van der Waals surface area (Å²) in [5, 5.41) is 7.15. The Labute approximate surface area is 111 Å². The normalized spacial score (nSPS) is 10.3. The molecule has 2 aromatic rings. The van der Waals surface area contributed by atoms with E-state index in [0.29, 0.717) is 0 Å². The van der Waals surface area contributed by atoms with Crippen molar-refractivity contribution < 1.29 is 0 Å². The van der Waals surface area contributed by atoms with E-state index in [1.54, 1.807) is 11.3 Å². The van der Waals surface area contributed by atoms with Crippen molar-refractivity contribution in [3.05, 3.63) is 43.4 Å². The third-order valence-corrected chi connectivity index (χ3v) is 3.75. The van der Waals surface area contributed by atoms with Crippen LogP contribution in [0.3, 0.4) is 0 Å². The van der Waals surface area contributed by atoms with Gasteiger partial charge in [0.05, 0.1) is 6.54 Å². The zero-order valence-electron chi connectivity index (χ0n) is 7.71. The second-order valence-corrected chi connectivity index (χ2v) is 5.48. The summed E-state index contributed by atoms with van der Waals surface area (Å²) in [6, 6.07) is 5.80. The van der Waals surface area contributed by atoms with E-state index < -0.39 is 0 Å². The lowest BCUT2D eigenvalue weighted by Gasteiger charge is -2.06. The smallest absolute Gasteiger partial charge is 0.112 e. The molecule has 2 nitrogen and oxygen atoms in total. The van der Waals surface area contributed by atoms with E-state index in [1.165, 1.54) is 0 Å². The van der Waals surface area contributed by atoms with Gasteiger partial charge in [-0.15, -0.1) is 11.3 Å². The Balaban J connectivity index is 2.05. The molecule has 0 atom stereocenters. The highest BCUT2D eigenvalue weighted by molar-refractivity contribution is 14.1. The van der Waals surface area contributed by atoms with Crippen molar-refractivity contribution in [2.45, 2.75) is 6.54 Å². The molecule has 15 heavy (non-hydrogen) atoms. The van der Waals surface area contributed by atoms with Crippen LogP contribution in [0.1, 0.15) is 5.01 Å². The Morgan fingerprint density at radius 3 is 3.00 bits per heavy atom. The van der Waals surface area contributed by atoms with Crippen LogP contribution in [0.5, 0.6) is 0 Å². The van der Waals surface area contributed by atoms with E-state index in [-0.39, 0.29) is 0 Å². The first-order valence-electron chi connectivity index (χ1n) is 4.33. The zero-order chi connectivity index (χ0) is 10.7. The van der Waals surface area contributed by atoms with Crippen LogP contribution in [-0.4, -0.2) is 4.98 Å². The maximum absolute atomic E-state index is 5.87. The van der Waals surface area contributed by atoms with Crippen molar-refractivity contribution in [3.8, 4) is 0 Å². The second kappa shape index (κ2) is 5.14. The van der Waals surface area contributed by atoms with Crippen LogP contribution in [-0.2, 0) is 6.54 Å². The van der Waals surface area contributed by atoms with Crippen molar-refractivity contribution >= 4 is 51.2 Å². The first-order chi connectivity index (χ1) is 7.25. The van der Waals surface area contributed by atoms with Gasteiger partial charge in [0.15, 0.2) is 0 Å². The minimum Gasteiger partial charge on any atom is -0.378 e. The molecular weight excluding hydrogens is 343 g/mol. The molecule has 0 aliphatic carbocycles. The molecule has 5 heteroatoms. The summed E-state index contributed by atoms with van der Waals surface area (Å²) in [6.07, 6.45) is 1.81. The van der Waals surface area contributed by atoms with Crippen LogP contribution in [0.4, 0.5) is 5.69 Å². The molecule has 0 saturated heterocycles. The molecule has 2 rings (SSSR count). The molecule has 0 spiro atoms. The predicted molar refractivity (Wildman–Crippen MR) is 73.6 cm³/mol. The molecule has 1 heterocycles. The van der Waals surface area contributed by atoms with Gasteiger partial charge in [-0.05, 0) is 40.8 Å². The monoisotopic (exact) mass is 350 g/mol. The number of rotatable bonds is 3. The fourth-order valence-corrected chi connectivity index (χ4v) is 2.76. The summed E-state index contributed by atoms with van der Waals surface area (Å²) in [5.41, 5.74) is 1.09. The molecule has 0 bridgehead atoms. The van der Waals surface area contributed by atoms with Gasteiger partial charge in [0.1, 0.15) is 5.01 Å². The predicted octanol–water partition coefficient (Wildman–Crippen LogP) is 4.01. The van der Waals surface area contributed by atoms with Gasteiger partial charge in [-0.25, -0.2) is 4.98 Å². The van der Waals surface area contributed by atoms with Crippen LogP contribution >= 0.6 is 45.5 Å². The third-order valence-electron chi connectivity index (χ3n) is 1.84. The van der Waals surface area contributed by atoms with E-state index in [0.717, 1.165) is 25.8 Å². The quantitative estimate of drug-likeness (QED) is 0.846. The van der Waals surface area contributed by atoms with Gasteiger partial charge in [0.2, 0.25) is 0 Å². The van der Waals surface area contributed by atoms with Crippen LogP contribution in [0, 0.1) is 3.57 Å². The summed E-state index contributed by atoms with van der Waals surface area (Å²) >= 11 is 9.79. The van der Waals surface area contributed by atoms with Crippen molar-refractivity contribution in [2.24, 2.45) is 0 Å². The average Bonchev–Trinajstić information content (AvgIpc) is 2.69. The topological polar surface area (TPSA) is 24.9 Å². The van der Waals surface area contributed by atoms with Crippen LogP contribution in [0.25, 0.3) is 0 Å². The van der Waals surface area contributed by atoms with E-state index in [4.69, 9.17) is 11.6 Å². The standard InChI is InChI=1S/C10H8ClIN2S/c11-7-1-2-9(8(12)5-7)14-6-10-13-3-4-15-10/h1-5,14H,6H2. The molecule has 1 aromatic heterocycles. The molecule has 0 fully saturated rings. The minimum absolute atomic E-state index is 0.759. The number of benzene rings is 1. The SMILES string of the molecule is Clc1ccc(NCc2nccs2)c(I)c1. The molecule has 78 valence electrons. The summed E-state index contributed by atoms with van der Waals surface area (Å²) in [6.45, 7) is 0.759. The fraction of sp³-hybridized carbons (Fsp3) is 0.100. The number of halogens is 2. The van der Waals surface area contributed by atoms with Gasteiger partial charge >= 0.3 is 0 Å². The number of hydrogen-bond donors (Lipinski definition) is 1. The number of hydrogen-bond acceptors (Lipinski definition) is 3. The maximum Gasteiger partial charge on any atom is 0.112 e. The van der Waals surface area contributed by atoms with Crippen LogP contribution in [0.2, 0.25) is 5.02 Å². The van der Waals surface area contributed by atoms with Crippen molar-refractivity contribution in [1.29, 1.82) is 0 Å². The number of nitrogens with zero attached hydrogens (tertiary/aromatic N) is 1. The Morgan fingerprint density at radius 1 is 1.47 bits per heavy atom. The lowest BCUT2D eigenvalue weighted by Crippen LogP contribution is -2.00. The van der Waals surface area contributed by atoms with Crippen LogP contribution in [0.15, 0.2) is 29.8 Å². The largest absolute Gasteiger partial charge is 0.378 e. The summed E-state index contributed by atoms with van der Waals surface area (Å²) < 4.78 is 1.12. The molecule has 0 aliphatic heterocycles. The minimum atomic E-state index is 0.759. The lowest BCUT2D eigenvalue weighted by atomic mass is 10.3. The number of aromatic nitrogens is 1. The Kier molecular flexibility index (Phi) is 3.82. The molecule has 0 saturated carbocycles. The van der Waals surface area contributed by atoms with E-state index >= 15 is 0 Å². The molecule has 0 amide bonds. The molecular formula is C10H8ClIN2S. The summed E-state index contributed by atoms with van der Waals surface area (Å²) in [4.78, 5) is 4.21. The highest BCUT2D eigenvalue weighted by Gasteiger charge is 2.01. The van der Waals surface area contributed by atoms with E-state index in [9.17, 15) is 0 Å². The number of anilines is 1. The maximum atomic E-state index is 5.87. The Hall–Kier alpha value is -0.330. The highest BCUT2D eigenvalue weighted by atomic mass is 127. The van der Waals surface area contributed by atoms with Gasteiger partial charge in [-0.1, -0.05) is 11.6 Å². The van der Waals surface area contributed by atoms with Crippen LogP contribution < -0.4 is 5.32 Å². The molecule has 0 unspecified atom stereocenters. The van der Waals surface area contributed by atoms with E-state index in [2.05, 4.69) is 32.9 Å². The first-order valence-corrected chi connectivity index (χ1v) is 6.66. The number of thiazole rings is 1. The van der Waals surface area contributed by atoms with Gasteiger partial charge in [0.25, 0.3) is 0 Å². The molecule has 1 aromatic carbocycles. The van der Waals surface area contributed by atoms with Gasteiger partial charge in [-0.2, -0.15) is 0 Å². The summed E-state index contributed by atoms with van der Waals surface area (Å²) in [7, 11) is 0. The molecule has 0 radical (unpaired) electrons. The van der Waals surface area contributed by atoms with Crippen molar-refractivity contribution in [1.82, 2.24) is 4.98 Å².